The Bertz CT molecular complexity index is 833. The predicted octanol–water partition coefficient (Wildman–Crippen LogP) is 6.58. The van der Waals surface area contributed by atoms with Crippen LogP contribution in [0.15, 0.2) is 70.2 Å². The third-order valence-corrected chi connectivity index (χ3v) is 4.48. The van der Waals surface area contributed by atoms with Crippen molar-refractivity contribution in [2.75, 3.05) is 6.61 Å². The van der Waals surface area contributed by atoms with Crippen molar-refractivity contribution in [1.82, 2.24) is 4.98 Å². The summed E-state index contributed by atoms with van der Waals surface area (Å²) in [4.78, 5) is 4.46. The normalized spacial score (nSPS) is 16.9. The van der Waals surface area contributed by atoms with Gasteiger partial charge in [-0.25, -0.2) is 4.98 Å². The molecule has 0 aliphatic heterocycles. The number of nitrogens with zero attached hydrogens (tertiary/aromatic N) is 1. The highest BCUT2D eigenvalue weighted by molar-refractivity contribution is 5.73. The Morgan fingerprint density at radius 1 is 1.07 bits per heavy atom. The lowest BCUT2D eigenvalue weighted by Crippen LogP contribution is -1.92. The summed E-state index contributed by atoms with van der Waals surface area (Å²) in [6.45, 7) is 11.2. The molecule has 1 aliphatic carbocycles. The average molecular weight is 380 g/mol. The highest BCUT2D eigenvalue weighted by Gasteiger charge is 2.06. The first kappa shape index (κ1) is 21.9. The van der Waals surface area contributed by atoms with Crippen molar-refractivity contribution in [1.29, 1.82) is 0 Å². The van der Waals surface area contributed by atoms with Gasteiger partial charge in [0.05, 0.1) is 0 Å². The molecule has 0 fully saturated rings. The van der Waals surface area contributed by atoms with Crippen molar-refractivity contribution < 1.29 is 9.52 Å². The van der Waals surface area contributed by atoms with Gasteiger partial charge in [-0.15, -0.1) is 0 Å². The number of allylic oxidation sites excluding steroid dienone is 7. The molecule has 2 aromatic rings. The average Bonchev–Trinajstić information content (AvgIpc) is 2.95. The van der Waals surface area contributed by atoms with E-state index in [1.807, 2.05) is 30.3 Å². The minimum Gasteiger partial charge on any atom is -0.437 e. The monoisotopic (exact) mass is 379 g/mol. The molecule has 3 heteroatoms. The second kappa shape index (κ2) is 10.8. The number of fused-ring (bicyclic) bond motifs is 1. The standard InChI is InChI=1S/C20H21NO.C5H12O/c1-14(2)17-10-8-16(12-15(3)13-17)9-11-20-21-18-6-4-5-7-19(18)22-20;1-5(2)3-4-6/h4-15H,1-3H3;5-6H,3-4H2,1-2H3/b11-9+;. The van der Waals surface area contributed by atoms with E-state index in [2.05, 4.69) is 70.0 Å². The molecule has 1 N–H and O–H groups in total. The second-order valence-electron chi connectivity index (χ2n) is 7.94. The number of para-hydroxylation sites is 2. The highest BCUT2D eigenvalue weighted by Crippen LogP contribution is 2.22. The fourth-order valence-corrected chi connectivity index (χ4v) is 2.84. The summed E-state index contributed by atoms with van der Waals surface area (Å²) in [5.41, 5.74) is 4.28. The molecule has 0 saturated heterocycles. The zero-order valence-corrected chi connectivity index (χ0v) is 17.7. The molecule has 1 aromatic heterocycles. The van der Waals surface area contributed by atoms with Gasteiger partial charge < -0.3 is 9.52 Å². The van der Waals surface area contributed by atoms with Gasteiger partial charge in [0.25, 0.3) is 0 Å². The number of hydrogen-bond acceptors (Lipinski definition) is 3. The van der Waals surface area contributed by atoms with E-state index in [1.165, 1.54) is 11.1 Å². The molecule has 1 aliphatic rings. The van der Waals surface area contributed by atoms with Crippen LogP contribution in [0.1, 0.15) is 46.9 Å². The maximum atomic E-state index is 8.24. The summed E-state index contributed by atoms with van der Waals surface area (Å²) in [7, 11) is 0. The van der Waals surface area contributed by atoms with Crippen molar-refractivity contribution >= 4 is 17.2 Å². The summed E-state index contributed by atoms with van der Waals surface area (Å²) < 4.78 is 5.71. The van der Waals surface area contributed by atoms with Crippen molar-refractivity contribution in [3.05, 3.63) is 71.7 Å². The Morgan fingerprint density at radius 3 is 2.43 bits per heavy atom. The fourth-order valence-electron chi connectivity index (χ4n) is 2.84. The first-order chi connectivity index (χ1) is 13.4. The van der Waals surface area contributed by atoms with Crippen molar-refractivity contribution in [3.63, 3.8) is 0 Å². The molecule has 1 atom stereocenters. The van der Waals surface area contributed by atoms with E-state index in [-0.39, 0.29) is 0 Å². The quantitative estimate of drug-likeness (QED) is 0.638. The lowest BCUT2D eigenvalue weighted by molar-refractivity contribution is 0.268. The van der Waals surface area contributed by atoms with Gasteiger partial charge >= 0.3 is 0 Å². The molecule has 0 amide bonds. The van der Waals surface area contributed by atoms with Gasteiger partial charge in [-0.3, -0.25) is 0 Å². The molecule has 150 valence electrons. The maximum absolute atomic E-state index is 8.24. The Hall–Kier alpha value is -2.39. The summed E-state index contributed by atoms with van der Waals surface area (Å²) in [5, 5.41) is 8.24. The van der Waals surface area contributed by atoms with Crippen LogP contribution in [-0.4, -0.2) is 16.7 Å². The number of aliphatic hydroxyl groups is 1. The molecular weight excluding hydrogens is 346 g/mol. The van der Waals surface area contributed by atoms with Crippen LogP contribution >= 0.6 is 0 Å². The second-order valence-corrected chi connectivity index (χ2v) is 7.94. The molecule has 0 spiro atoms. The molecule has 0 saturated carbocycles. The fraction of sp³-hybridized carbons (Fsp3) is 0.400. The van der Waals surface area contributed by atoms with Crippen LogP contribution in [0.2, 0.25) is 0 Å². The van der Waals surface area contributed by atoms with E-state index in [9.17, 15) is 0 Å². The number of aromatic nitrogens is 1. The molecule has 1 aromatic carbocycles. The topological polar surface area (TPSA) is 46.3 Å². The van der Waals surface area contributed by atoms with Gasteiger partial charge in [-0.05, 0) is 53.5 Å². The minimum atomic E-state index is 0.331. The van der Waals surface area contributed by atoms with Crippen LogP contribution in [0.4, 0.5) is 0 Å². The van der Waals surface area contributed by atoms with Gasteiger partial charge in [0.2, 0.25) is 5.89 Å². The lowest BCUT2D eigenvalue weighted by atomic mass is 9.99. The molecule has 0 radical (unpaired) electrons. The first-order valence-electron chi connectivity index (χ1n) is 10.1. The molecular formula is C25H33NO2. The largest absolute Gasteiger partial charge is 0.437 e. The summed E-state index contributed by atoms with van der Waals surface area (Å²) in [5.74, 6) is 2.27. The van der Waals surface area contributed by atoms with Crippen molar-refractivity contribution in [2.45, 2.75) is 41.0 Å². The third kappa shape index (κ3) is 6.97. The first-order valence-corrected chi connectivity index (χ1v) is 10.1. The Balaban J connectivity index is 0.000000409. The smallest absolute Gasteiger partial charge is 0.220 e. The predicted molar refractivity (Wildman–Crippen MR) is 119 cm³/mol. The Kier molecular flexibility index (Phi) is 8.46. The SMILES string of the molecule is CC(C)CCO.CC1C=C(/C=C/c2nc3ccccc3o2)C=CC(C(C)C)=C1. The van der Waals surface area contributed by atoms with Crippen LogP contribution in [0, 0.1) is 17.8 Å². The van der Waals surface area contributed by atoms with Gasteiger partial charge in [0.15, 0.2) is 5.58 Å². The van der Waals surface area contributed by atoms with Gasteiger partial charge in [-0.2, -0.15) is 0 Å². The molecule has 0 bridgehead atoms. The van der Waals surface area contributed by atoms with Crippen LogP contribution in [0.25, 0.3) is 17.2 Å². The van der Waals surface area contributed by atoms with Gasteiger partial charge in [0.1, 0.15) is 5.52 Å². The number of hydrogen-bond donors (Lipinski definition) is 1. The minimum absolute atomic E-state index is 0.331. The van der Waals surface area contributed by atoms with E-state index in [1.54, 1.807) is 0 Å². The third-order valence-electron chi connectivity index (χ3n) is 4.48. The number of benzene rings is 1. The highest BCUT2D eigenvalue weighted by atomic mass is 16.3. The van der Waals surface area contributed by atoms with E-state index < -0.39 is 0 Å². The zero-order valence-electron chi connectivity index (χ0n) is 17.7. The Labute approximate surface area is 169 Å². The molecule has 28 heavy (non-hydrogen) atoms. The van der Waals surface area contributed by atoms with Crippen LogP contribution in [0.3, 0.4) is 0 Å². The number of oxazole rings is 1. The summed E-state index contributed by atoms with van der Waals surface area (Å²) in [6.07, 6.45) is 13.9. The van der Waals surface area contributed by atoms with E-state index in [0.717, 1.165) is 17.5 Å². The summed E-state index contributed by atoms with van der Waals surface area (Å²) in [6, 6.07) is 7.82. The molecule has 1 unspecified atom stereocenters. The van der Waals surface area contributed by atoms with Crippen molar-refractivity contribution in [3.8, 4) is 0 Å². The van der Waals surface area contributed by atoms with E-state index >= 15 is 0 Å². The molecule has 1 heterocycles. The molecule has 3 nitrogen and oxygen atoms in total. The van der Waals surface area contributed by atoms with Crippen LogP contribution < -0.4 is 0 Å². The van der Waals surface area contributed by atoms with E-state index in [0.29, 0.717) is 30.3 Å². The zero-order chi connectivity index (χ0) is 20.5. The Morgan fingerprint density at radius 2 is 1.82 bits per heavy atom. The van der Waals surface area contributed by atoms with Gasteiger partial charge in [0, 0.05) is 12.7 Å². The maximum Gasteiger partial charge on any atom is 0.220 e. The molecule has 3 rings (SSSR count). The van der Waals surface area contributed by atoms with Gasteiger partial charge in [-0.1, -0.05) is 71.1 Å². The summed E-state index contributed by atoms with van der Waals surface area (Å²) >= 11 is 0. The van der Waals surface area contributed by atoms with Crippen LogP contribution in [0.5, 0.6) is 0 Å². The lowest BCUT2D eigenvalue weighted by Gasteiger charge is -2.06. The number of rotatable bonds is 5. The van der Waals surface area contributed by atoms with Crippen LogP contribution in [-0.2, 0) is 0 Å². The number of aliphatic hydroxyl groups excluding tert-OH is 1. The van der Waals surface area contributed by atoms with E-state index in [4.69, 9.17) is 9.52 Å². The van der Waals surface area contributed by atoms with Crippen molar-refractivity contribution in [2.24, 2.45) is 17.8 Å².